The predicted octanol–water partition coefficient (Wildman–Crippen LogP) is 6.61. The highest BCUT2D eigenvalue weighted by atomic mass is 35.5. The van der Waals surface area contributed by atoms with Crippen molar-refractivity contribution in [1.29, 1.82) is 0 Å². The molecule has 0 radical (unpaired) electrons. The Balaban J connectivity index is 1.86. The minimum Gasteiger partial charge on any atom is -0.338 e. The zero-order chi connectivity index (χ0) is 26.0. The first-order chi connectivity index (χ1) is 18.7. The van der Waals surface area contributed by atoms with Crippen molar-refractivity contribution in [1.82, 2.24) is 9.97 Å². The number of hydrogen-bond acceptors (Lipinski definition) is 2. The first-order valence-electron chi connectivity index (χ1n) is 12.4. The standard InChI is InChI=1S/C33H24ClN2OP/c34-25-22-20-24(21-23-25)31(37)32(33-35-29-18-10-11-19-30(29)36-33)38(26-12-4-1-5-13-26,27-14-6-2-7-15-27)28-16-8-3-9-17-28/h1-23H,(H,35,36). The second-order valence-electron chi connectivity index (χ2n) is 8.96. The maximum absolute atomic E-state index is 14.8. The van der Waals surface area contributed by atoms with Crippen molar-refractivity contribution < 1.29 is 4.79 Å². The number of imidazole rings is 1. The van der Waals surface area contributed by atoms with Crippen LogP contribution in [0.4, 0.5) is 0 Å². The molecule has 0 amide bonds. The Morgan fingerprint density at radius 3 is 1.58 bits per heavy atom. The molecule has 0 saturated heterocycles. The van der Waals surface area contributed by atoms with Crippen molar-refractivity contribution in [3.8, 4) is 0 Å². The number of benzene rings is 5. The van der Waals surface area contributed by atoms with E-state index in [-0.39, 0.29) is 5.78 Å². The van der Waals surface area contributed by atoms with E-state index in [2.05, 4.69) is 41.4 Å². The number of para-hydroxylation sites is 2. The maximum Gasteiger partial charge on any atom is 0.197 e. The van der Waals surface area contributed by atoms with Crippen LogP contribution >= 0.6 is 18.5 Å². The minimum atomic E-state index is -2.73. The number of aromatic nitrogens is 2. The zero-order valence-corrected chi connectivity index (χ0v) is 22.1. The summed E-state index contributed by atoms with van der Waals surface area (Å²) in [7, 11) is 0. The predicted molar refractivity (Wildman–Crippen MR) is 161 cm³/mol. The first-order valence-corrected chi connectivity index (χ1v) is 14.5. The van der Waals surface area contributed by atoms with Gasteiger partial charge in [0.25, 0.3) is 0 Å². The lowest BCUT2D eigenvalue weighted by Crippen LogP contribution is -2.34. The molecule has 1 aromatic heterocycles. The van der Waals surface area contributed by atoms with Crippen molar-refractivity contribution in [3.63, 3.8) is 0 Å². The van der Waals surface area contributed by atoms with Gasteiger partial charge in [0, 0.05) is 10.6 Å². The lowest BCUT2D eigenvalue weighted by molar-refractivity contribution is 0.106. The molecule has 3 nitrogen and oxygen atoms in total. The van der Waals surface area contributed by atoms with Crippen molar-refractivity contribution in [2.45, 2.75) is 0 Å². The molecular formula is C33H24ClN2OP. The number of carbonyl (C=O) groups is 1. The molecule has 6 rings (SSSR count). The summed E-state index contributed by atoms with van der Waals surface area (Å²) in [4.78, 5) is 23.3. The number of nitrogens with zero attached hydrogens (tertiary/aromatic N) is 1. The Bertz CT molecular complexity index is 1640. The molecule has 0 aliphatic rings. The second kappa shape index (κ2) is 10.3. The molecule has 0 bridgehead atoms. The van der Waals surface area contributed by atoms with E-state index in [4.69, 9.17) is 16.6 Å². The van der Waals surface area contributed by atoms with Gasteiger partial charge in [-0.15, -0.1) is 0 Å². The molecule has 0 atom stereocenters. The van der Waals surface area contributed by atoms with Crippen LogP contribution in [0.1, 0.15) is 16.2 Å². The van der Waals surface area contributed by atoms with Crippen LogP contribution in [-0.4, -0.2) is 21.0 Å². The summed E-state index contributed by atoms with van der Waals surface area (Å²) in [5.41, 5.74) is 2.27. The number of hydrogen-bond donors (Lipinski definition) is 1. The van der Waals surface area contributed by atoms with E-state index in [1.807, 2.05) is 78.9 Å². The summed E-state index contributed by atoms with van der Waals surface area (Å²) in [5.74, 6) is 0.502. The summed E-state index contributed by atoms with van der Waals surface area (Å²) in [6.45, 7) is -2.73. The van der Waals surface area contributed by atoms with Gasteiger partial charge in [-0.05, 0) is 59.2 Å². The van der Waals surface area contributed by atoms with Crippen LogP contribution in [0.3, 0.4) is 0 Å². The highest BCUT2D eigenvalue weighted by Gasteiger charge is 2.35. The number of aromatic amines is 1. The quantitative estimate of drug-likeness (QED) is 0.194. The fourth-order valence-electron chi connectivity index (χ4n) is 5.01. The molecule has 1 heterocycles. The van der Waals surface area contributed by atoms with E-state index in [1.165, 1.54) is 0 Å². The fourth-order valence-corrected chi connectivity index (χ4v) is 9.52. The Kier molecular flexibility index (Phi) is 6.55. The number of halogens is 1. The topological polar surface area (TPSA) is 45.8 Å². The zero-order valence-electron chi connectivity index (χ0n) is 20.5. The third kappa shape index (κ3) is 4.20. The van der Waals surface area contributed by atoms with Gasteiger partial charge in [-0.25, -0.2) is 4.98 Å². The molecule has 184 valence electrons. The van der Waals surface area contributed by atoms with E-state index in [1.54, 1.807) is 24.3 Å². The van der Waals surface area contributed by atoms with E-state index in [9.17, 15) is 4.79 Å². The lowest BCUT2D eigenvalue weighted by Gasteiger charge is -2.31. The highest BCUT2D eigenvalue weighted by molar-refractivity contribution is 7.96. The molecule has 5 heteroatoms. The van der Waals surface area contributed by atoms with Crippen LogP contribution in [-0.2, 0) is 0 Å². The molecule has 0 unspecified atom stereocenters. The molecular weight excluding hydrogens is 507 g/mol. The summed E-state index contributed by atoms with van der Waals surface area (Å²) < 4.78 is 0. The number of nitrogens with one attached hydrogen (secondary N) is 1. The lowest BCUT2D eigenvalue weighted by atomic mass is 10.1. The van der Waals surface area contributed by atoms with Crippen LogP contribution in [0.15, 0.2) is 140 Å². The molecule has 38 heavy (non-hydrogen) atoms. The molecule has 0 aliphatic carbocycles. The van der Waals surface area contributed by atoms with Gasteiger partial charge >= 0.3 is 0 Å². The minimum absolute atomic E-state index is 0.0781. The SMILES string of the molecule is O=C(C(c1nc2ccccc2[nH]1)=P(c1ccccc1)(c1ccccc1)c1ccccc1)c1ccc(Cl)cc1. The third-order valence-electron chi connectivity index (χ3n) is 6.70. The number of H-pyrrole nitrogens is 1. The maximum atomic E-state index is 14.8. The Morgan fingerprint density at radius 1 is 0.605 bits per heavy atom. The van der Waals surface area contributed by atoms with Gasteiger partial charge in [-0.3, -0.25) is 4.79 Å². The third-order valence-corrected chi connectivity index (χ3v) is 11.3. The van der Waals surface area contributed by atoms with Crippen LogP contribution in [0, 0.1) is 0 Å². The molecule has 0 saturated carbocycles. The average Bonchev–Trinajstić information content (AvgIpc) is 3.41. The van der Waals surface area contributed by atoms with Crippen LogP contribution in [0.25, 0.3) is 11.0 Å². The first kappa shape index (κ1) is 24.2. The van der Waals surface area contributed by atoms with Gasteiger partial charge in [0.15, 0.2) is 5.78 Å². The summed E-state index contributed by atoms with van der Waals surface area (Å²) >= 11 is 6.21. The number of rotatable bonds is 6. The van der Waals surface area contributed by atoms with E-state index >= 15 is 0 Å². The molecule has 5 aromatic carbocycles. The Hall–Kier alpha value is -4.17. The highest BCUT2D eigenvalue weighted by Crippen LogP contribution is 2.48. The monoisotopic (exact) mass is 530 g/mol. The summed E-state index contributed by atoms with van der Waals surface area (Å²) in [5, 5.41) is 4.47. The number of carbonyl (C=O) groups excluding carboxylic acids is 1. The smallest absolute Gasteiger partial charge is 0.197 e. The fraction of sp³-hybridized carbons (Fsp3) is 0. The average molecular weight is 531 g/mol. The van der Waals surface area contributed by atoms with Gasteiger partial charge in [-0.2, -0.15) is 0 Å². The number of fused-ring (bicyclic) bond motifs is 1. The van der Waals surface area contributed by atoms with E-state index in [0.717, 1.165) is 26.9 Å². The summed E-state index contributed by atoms with van der Waals surface area (Å²) in [6, 6.07) is 46.1. The van der Waals surface area contributed by atoms with Gasteiger partial charge < -0.3 is 4.98 Å². The van der Waals surface area contributed by atoms with E-state index < -0.39 is 6.89 Å². The number of Topliss-reactive ketones (excluding diaryl/α,β-unsaturated/α-hetero) is 1. The van der Waals surface area contributed by atoms with Crippen LogP contribution < -0.4 is 15.9 Å². The van der Waals surface area contributed by atoms with Gasteiger partial charge in [0.05, 0.1) is 16.3 Å². The van der Waals surface area contributed by atoms with Gasteiger partial charge in [-0.1, -0.05) is 115 Å². The second-order valence-corrected chi connectivity index (χ2v) is 12.7. The molecule has 1 N–H and O–H groups in total. The van der Waals surface area contributed by atoms with Crippen molar-refractivity contribution in [2.24, 2.45) is 0 Å². The Labute approximate surface area is 226 Å². The van der Waals surface area contributed by atoms with Gasteiger partial charge in [0.2, 0.25) is 0 Å². The molecule has 0 fully saturated rings. The molecule has 6 aromatic rings. The van der Waals surface area contributed by atoms with Crippen molar-refractivity contribution in [3.05, 3.63) is 156 Å². The normalized spacial score (nSPS) is 11.4. The Morgan fingerprint density at radius 2 is 1.08 bits per heavy atom. The molecule has 0 aliphatic heterocycles. The summed E-state index contributed by atoms with van der Waals surface area (Å²) in [6.07, 6.45) is 0. The largest absolute Gasteiger partial charge is 0.338 e. The van der Waals surface area contributed by atoms with E-state index in [0.29, 0.717) is 21.7 Å². The number of ketones is 1. The molecule has 0 spiro atoms. The van der Waals surface area contributed by atoms with Crippen molar-refractivity contribution in [2.75, 3.05) is 0 Å². The van der Waals surface area contributed by atoms with Crippen LogP contribution in [0.5, 0.6) is 0 Å². The van der Waals surface area contributed by atoms with Crippen LogP contribution in [0.2, 0.25) is 5.02 Å². The van der Waals surface area contributed by atoms with Crippen molar-refractivity contribution >= 4 is 56.5 Å². The van der Waals surface area contributed by atoms with Gasteiger partial charge in [0.1, 0.15) is 5.82 Å².